The molecule has 2 fully saturated rings. The second-order valence-corrected chi connectivity index (χ2v) is 8.03. The Hall–Kier alpha value is -3.03. The maximum atomic E-state index is 10.4. The number of phenols is 1. The largest absolute Gasteiger partial charge is 0.507 e. The summed E-state index contributed by atoms with van der Waals surface area (Å²) < 4.78 is 0. The minimum atomic E-state index is 0.113. The van der Waals surface area contributed by atoms with Crippen molar-refractivity contribution in [2.75, 3.05) is 11.9 Å². The van der Waals surface area contributed by atoms with E-state index in [1.165, 1.54) is 32.1 Å². The number of rotatable bonds is 4. The van der Waals surface area contributed by atoms with Crippen molar-refractivity contribution < 1.29 is 5.11 Å². The quantitative estimate of drug-likeness (QED) is 0.720. The van der Waals surface area contributed by atoms with E-state index in [0.29, 0.717) is 28.7 Å². The van der Waals surface area contributed by atoms with Gasteiger partial charge in [-0.3, -0.25) is 0 Å². The molecule has 3 aromatic rings. The molecule has 0 aliphatic heterocycles. The highest BCUT2D eigenvalue weighted by Gasteiger charge is 2.36. The van der Waals surface area contributed by atoms with E-state index in [1.807, 2.05) is 18.2 Å². The molecular weight excluding hydrogens is 354 g/mol. The highest BCUT2D eigenvalue weighted by atomic mass is 16.3. The van der Waals surface area contributed by atoms with Crippen LogP contribution in [0.1, 0.15) is 32.1 Å². The Morgan fingerprint density at radius 3 is 2.46 bits per heavy atom. The topological polar surface area (TPSA) is 104 Å². The average Bonchev–Trinajstić information content (AvgIpc) is 3.37. The SMILES string of the molecule is CN(c1ccc(-c2ccc(-c3nn[nH]n3)cc2O)nn1)C1CC2CC[C@@H](C2)C1. The molecule has 0 saturated heterocycles. The molecule has 28 heavy (non-hydrogen) atoms. The molecule has 0 radical (unpaired) electrons. The van der Waals surface area contributed by atoms with E-state index >= 15 is 0 Å². The number of H-pyrrole nitrogens is 1. The normalized spacial score (nSPS) is 23.7. The molecule has 2 N–H and O–H groups in total. The Morgan fingerprint density at radius 1 is 1.00 bits per heavy atom. The van der Waals surface area contributed by atoms with E-state index in [1.54, 1.807) is 12.1 Å². The number of aromatic hydroxyl groups is 1. The summed E-state index contributed by atoms with van der Waals surface area (Å²) in [5.41, 5.74) is 1.95. The summed E-state index contributed by atoms with van der Waals surface area (Å²) in [6, 6.07) is 9.70. The molecule has 144 valence electrons. The summed E-state index contributed by atoms with van der Waals surface area (Å²) in [5.74, 6) is 3.20. The van der Waals surface area contributed by atoms with E-state index in [0.717, 1.165) is 17.7 Å². The molecule has 0 spiro atoms. The summed E-state index contributed by atoms with van der Waals surface area (Å²) >= 11 is 0. The number of hydrogen-bond donors (Lipinski definition) is 2. The molecule has 2 aromatic heterocycles. The van der Waals surface area contributed by atoms with Crippen LogP contribution in [0.2, 0.25) is 0 Å². The number of hydrogen-bond acceptors (Lipinski definition) is 7. The maximum absolute atomic E-state index is 10.4. The number of phenolic OH excluding ortho intramolecular Hbond substituents is 1. The molecule has 2 bridgehead atoms. The molecule has 2 unspecified atom stereocenters. The number of fused-ring (bicyclic) bond motifs is 2. The van der Waals surface area contributed by atoms with E-state index in [2.05, 4.69) is 42.8 Å². The molecule has 2 saturated carbocycles. The number of tetrazole rings is 1. The van der Waals surface area contributed by atoms with Crippen LogP contribution >= 0.6 is 0 Å². The van der Waals surface area contributed by atoms with Gasteiger partial charge in [0.1, 0.15) is 5.75 Å². The summed E-state index contributed by atoms with van der Waals surface area (Å²) in [5, 5.41) is 33.0. The Bertz CT molecular complexity index is 945. The molecule has 0 amide bonds. The highest BCUT2D eigenvalue weighted by molar-refractivity contribution is 5.72. The van der Waals surface area contributed by atoms with Gasteiger partial charge < -0.3 is 10.0 Å². The summed E-state index contributed by atoms with van der Waals surface area (Å²) in [6.45, 7) is 0. The third-order valence-corrected chi connectivity index (χ3v) is 6.30. The molecule has 2 aliphatic carbocycles. The lowest BCUT2D eigenvalue weighted by Gasteiger charge is -2.35. The van der Waals surface area contributed by atoms with Crippen molar-refractivity contribution in [2.24, 2.45) is 11.8 Å². The Balaban J connectivity index is 1.35. The number of anilines is 1. The van der Waals surface area contributed by atoms with Crippen molar-refractivity contribution in [3.05, 3.63) is 30.3 Å². The lowest BCUT2D eigenvalue weighted by atomic mass is 9.85. The van der Waals surface area contributed by atoms with Gasteiger partial charge in [-0.1, -0.05) is 18.9 Å². The van der Waals surface area contributed by atoms with Crippen LogP contribution in [0.25, 0.3) is 22.6 Å². The fourth-order valence-corrected chi connectivity index (χ4v) is 4.80. The monoisotopic (exact) mass is 377 g/mol. The number of nitrogens with zero attached hydrogens (tertiary/aromatic N) is 6. The van der Waals surface area contributed by atoms with Crippen molar-refractivity contribution in [3.63, 3.8) is 0 Å². The number of aromatic amines is 1. The number of nitrogens with one attached hydrogen (secondary N) is 1. The van der Waals surface area contributed by atoms with Crippen LogP contribution in [0.15, 0.2) is 30.3 Å². The van der Waals surface area contributed by atoms with Crippen LogP contribution in [0.3, 0.4) is 0 Å². The lowest BCUT2D eigenvalue weighted by Crippen LogP contribution is -2.37. The molecule has 2 heterocycles. The molecule has 1 aromatic carbocycles. The van der Waals surface area contributed by atoms with Gasteiger partial charge in [-0.05, 0) is 60.6 Å². The highest BCUT2D eigenvalue weighted by Crippen LogP contribution is 2.43. The third-order valence-electron chi connectivity index (χ3n) is 6.30. The second-order valence-electron chi connectivity index (χ2n) is 8.03. The van der Waals surface area contributed by atoms with Gasteiger partial charge in [0.15, 0.2) is 5.82 Å². The molecule has 2 aliphatic rings. The zero-order chi connectivity index (χ0) is 19.1. The molecule has 3 atom stereocenters. The van der Waals surface area contributed by atoms with Crippen molar-refractivity contribution in [2.45, 2.75) is 38.1 Å². The first-order valence-corrected chi connectivity index (χ1v) is 9.81. The maximum Gasteiger partial charge on any atom is 0.204 e. The third kappa shape index (κ3) is 3.08. The predicted octanol–water partition coefficient (Wildman–Crippen LogP) is 3.04. The van der Waals surface area contributed by atoms with Crippen LogP contribution in [0, 0.1) is 11.8 Å². The van der Waals surface area contributed by atoms with Gasteiger partial charge in [0.05, 0.1) is 5.69 Å². The molecular formula is C20H23N7O. The fraction of sp³-hybridized carbons (Fsp3) is 0.450. The zero-order valence-electron chi connectivity index (χ0n) is 15.8. The summed E-state index contributed by atoms with van der Waals surface area (Å²) in [4.78, 5) is 2.28. The van der Waals surface area contributed by atoms with Crippen molar-refractivity contribution in [3.8, 4) is 28.4 Å². The second kappa shape index (κ2) is 6.85. The first-order chi connectivity index (χ1) is 13.7. The van der Waals surface area contributed by atoms with E-state index in [9.17, 15) is 5.11 Å². The predicted molar refractivity (Wildman–Crippen MR) is 105 cm³/mol. The Kier molecular flexibility index (Phi) is 4.18. The number of aromatic nitrogens is 6. The first-order valence-electron chi connectivity index (χ1n) is 9.81. The van der Waals surface area contributed by atoms with Gasteiger partial charge in [0.25, 0.3) is 0 Å². The standard InChI is InChI=1S/C20H23N7O/c1-27(15-9-12-2-3-13(8-12)10-15)19-7-6-17(21-22-19)16-5-4-14(11-18(16)28)20-23-25-26-24-20/h4-7,11-13,15,28H,2-3,8-10H2,1H3,(H,23,24,25,26)/t12-,13?,15?/m0/s1. The summed E-state index contributed by atoms with van der Waals surface area (Å²) in [7, 11) is 2.12. The van der Waals surface area contributed by atoms with E-state index in [-0.39, 0.29) is 5.75 Å². The van der Waals surface area contributed by atoms with Crippen molar-refractivity contribution >= 4 is 5.82 Å². The van der Waals surface area contributed by atoms with Crippen molar-refractivity contribution in [1.82, 2.24) is 30.8 Å². The van der Waals surface area contributed by atoms with Crippen LogP contribution in [0.4, 0.5) is 5.82 Å². The first kappa shape index (κ1) is 17.1. The van der Waals surface area contributed by atoms with Gasteiger partial charge in [0.2, 0.25) is 5.82 Å². The Morgan fingerprint density at radius 2 is 1.82 bits per heavy atom. The van der Waals surface area contributed by atoms with Gasteiger partial charge in [-0.2, -0.15) is 5.21 Å². The van der Waals surface area contributed by atoms with Crippen LogP contribution in [0.5, 0.6) is 5.75 Å². The van der Waals surface area contributed by atoms with Gasteiger partial charge in [0, 0.05) is 24.2 Å². The van der Waals surface area contributed by atoms with Crippen LogP contribution < -0.4 is 4.90 Å². The minimum absolute atomic E-state index is 0.113. The van der Waals surface area contributed by atoms with E-state index in [4.69, 9.17) is 0 Å². The summed E-state index contributed by atoms with van der Waals surface area (Å²) in [6.07, 6.45) is 6.70. The molecule has 8 heteroatoms. The van der Waals surface area contributed by atoms with Crippen molar-refractivity contribution in [1.29, 1.82) is 0 Å². The van der Waals surface area contributed by atoms with Crippen LogP contribution in [-0.4, -0.2) is 49.0 Å². The smallest absolute Gasteiger partial charge is 0.204 e. The lowest BCUT2D eigenvalue weighted by molar-refractivity contribution is 0.312. The molecule has 5 rings (SSSR count). The van der Waals surface area contributed by atoms with E-state index < -0.39 is 0 Å². The Labute approximate surface area is 163 Å². The van der Waals surface area contributed by atoms with Gasteiger partial charge in [-0.15, -0.1) is 20.4 Å². The van der Waals surface area contributed by atoms with Crippen LogP contribution in [-0.2, 0) is 0 Å². The zero-order valence-corrected chi connectivity index (χ0v) is 15.8. The number of benzene rings is 1. The molecule has 8 nitrogen and oxygen atoms in total. The van der Waals surface area contributed by atoms with Gasteiger partial charge >= 0.3 is 0 Å². The minimum Gasteiger partial charge on any atom is -0.507 e. The average molecular weight is 377 g/mol. The fourth-order valence-electron chi connectivity index (χ4n) is 4.80. The van der Waals surface area contributed by atoms with Gasteiger partial charge in [-0.25, -0.2) is 0 Å².